The lowest BCUT2D eigenvalue weighted by atomic mass is 10.1. The van der Waals surface area contributed by atoms with Gasteiger partial charge in [0.2, 0.25) is 5.91 Å². The van der Waals surface area contributed by atoms with Gasteiger partial charge in [-0.25, -0.2) is 4.79 Å². The monoisotopic (exact) mass is 230 g/mol. The van der Waals surface area contributed by atoms with Crippen LogP contribution in [0.25, 0.3) is 0 Å². The van der Waals surface area contributed by atoms with Crippen LogP contribution in [0, 0.1) is 0 Å². The molecule has 0 bridgehead atoms. The van der Waals surface area contributed by atoms with Gasteiger partial charge in [0.1, 0.15) is 6.54 Å². The third-order valence-electron chi connectivity index (χ3n) is 3.40. The molecule has 1 aromatic rings. The summed E-state index contributed by atoms with van der Waals surface area (Å²) in [5.41, 5.74) is 3.93. The standard InChI is InChI=1S/C13H14N2O2/c16-12-8-15(13(17)14-12)7-9-4-5-10-2-1-3-11(10)6-9/h4-6H,1-3,7-8H2,(H,14,16,17). The highest BCUT2D eigenvalue weighted by Crippen LogP contribution is 2.23. The van der Waals surface area contributed by atoms with Crippen LogP contribution in [0.4, 0.5) is 4.79 Å². The first-order chi connectivity index (χ1) is 8.22. The summed E-state index contributed by atoms with van der Waals surface area (Å²) >= 11 is 0. The molecule has 4 nitrogen and oxygen atoms in total. The predicted molar refractivity (Wildman–Crippen MR) is 62.4 cm³/mol. The van der Waals surface area contributed by atoms with E-state index in [0.29, 0.717) is 6.54 Å². The number of fused-ring (bicyclic) bond motifs is 1. The Morgan fingerprint density at radius 3 is 2.76 bits per heavy atom. The van der Waals surface area contributed by atoms with Crippen molar-refractivity contribution in [3.63, 3.8) is 0 Å². The van der Waals surface area contributed by atoms with Crippen LogP contribution in [-0.4, -0.2) is 23.4 Å². The van der Waals surface area contributed by atoms with Gasteiger partial charge in [0.15, 0.2) is 0 Å². The molecule has 1 heterocycles. The fraction of sp³-hybridized carbons (Fsp3) is 0.385. The number of nitrogens with one attached hydrogen (secondary N) is 1. The number of carbonyl (C=O) groups is 2. The lowest BCUT2D eigenvalue weighted by Gasteiger charge is -2.13. The quantitative estimate of drug-likeness (QED) is 0.777. The maximum absolute atomic E-state index is 11.4. The number of benzene rings is 1. The molecule has 3 rings (SSSR count). The molecule has 1 fully saturated rings. The Morgan fingerprint density at radius 1 is 1.18 bits per heavy atom. The van der Waals surface area contributed by atoms with E-state index in [1.54, 1.807) is 4.90 Å². The summed E-state index contributed by atoms with van der Waals surface area (Å²) in [7, 11) is 0. The van der Waals surface area contributed by atoms with E-state index < -0.39 is 0 Å². The summed E-state index contributed by atoms with van der Waals surface area (Å²) in [4.78, 5) is 24.0. The minimum atomic E-state index is -0.282. The van der Waals surface area contributed by atoms with Crippen LogP contribution in [0.5, 0.6) is 0 Å². The van der Waals surface area contributed by atoms with E-state index in [4.69, 9.17) is 0 Å². The molecular formula is C13H14N2O2. The maximum atomic E-state index is 11.4. The Bertz CT molecular complexity index is 496. The van der Waals surface area contributed by atoms with Crippen LogP contribution in [0.3, 0.4) is 0 Å². The van der Waals surface area contributed by atoms with Crippen molar-refractivity contribution in [1.82, 2.24) is 10.2 Å². The molecule has 17 heavy (non-hydrogen) atoms. The zero-order valence-electron chi connectivity index (χ0n) is 9.53. The fourth-order valence-electron chi connectivity index (χ4n) is 2.55. The number of rotatable bonds is 2. The summed E-state index contributed by atoms with van der Waals surface area (Å²) in [6.45, 7) is 0.695. The van der Waals surface area contributed by atoms with Crippen LogP contribution in [0.1, 0.15) is 23.1 Å². The van der Waals surface area contributed by atoms with Gasteiger partial charge in [0, 0.05) is 6.54 Å². The molecule has 88 valence electrons. The summed E-state index contributed by atoms with van der Waals surface area (Å²) in [5.74, 6) is -0.212. The number of aryl methyl sites for hydroxylation is 2. The molecule has 1 N–H and O–H groups in total. The van der Waals surface area contributed by atoms with E-state index in [0.717, 1.165) is 18.4 Å². The van der Waals surface area contributed by atoms with E-state index in [9.17, 15) is 9.59 Å². The average Bonchev–Trinajstić information content (AvgIpc) is 2.85. The highest BCUT2D eigenvalue weighted by molar-refractivity contribution is 6.01. The molecule has 0 aromatic heterocycles. The van der Waals surface area contributed by atoms with Crippen molar-refractivity contribution in [2.75, 3.05) is 6.54 Å². The maximum Gasteiger partial charge on any atom is 0.324 e. The van der Waals surface area contributed by atoms with Gasteiger partial charge in [-0.2, -0.15) is 0 Å². The van der Waals surface area contributed by atoms with Crippen molar-refractivity contribution < 1.29 is 9.59 Å². The smallest absolute Gasteiger partial charge is 0.311 e. The Hall–Kier alpha value is -1.84. The Morgan fingerprint density at radius 2 is 2.00 bits per heavy atom. The molecule has 1 aromatic carbocycles. The summed E-state index contributed by atoms with van der Waals surface area (Å²) in [6, 6.07) is 6.09. The lowest BCUT2D eigenvalue weighted by molar-refractivity contribution is -0.118. The van der Waals surface area contributed by atoms with Crippen molar-refractivity contribution in [3.8, 4) is 0 Å². The molecule has 0 spiro atoms. The minimum Gasteiger partial charge on any atom is -0.311 e. The molecule has 3 amide bonds. The van der Waals surface area contributed by atoms with Crippen molar-refractivity contribution in [2.45, 2.75) is 25.8 Å². The zero-order valence-corrected chi connectivity index (χ0v) is 9.53. The molecule has 0 radical (unpaired) electrons. The summed E-state index contributed by atoms with van der Waals surface area (Å²) < 4.78 is 0. The van der Waals surface area contributed by atoms with E-state index in [1.807, 2.05) is 0 Å². The van der Waals surface area contributed by atoms with Gasteiger partial charge in [0.05, 0.1) is 0 Å². The summed E-state index contributed by atoms with van der Waals surface area (Å²) in [5, 5.41) is 2.29. The van der Waals surface area contributed by atoms with E-state index in [-0.39, 0.29) is 18.5 Å². The third-order valence-corrected chi connectivity index (χ3v) is 3.40. The Kier molecular flexibility index (Phi) is 2.35. The Balaban J connectivity index is 1.77. The highest BCUT2D eigenvalue weighted by atomic mass is 16.2. The van der Waals surface area contributed by atoms with Gasteiger partial charge in [-0.15, -0.1) is 0 Å². The lowest BCUT2D eigenvalue weighted by Crippen LogP contribution is -2.27. The number of carbonyl (C=O) groups excluding carboxylic acids is 2. The molecule has 1 aliphatic carbocycles. The normalized spacial score (nSPS) is 18.5. The number of amides is 3. The van der Waals surface area contributed by atoms with Crippen molar-refractivity contribution in [1.29, 1.82) is 0 Å². The first-order valence-electron chi connectivity index (χ1n) is 5.92. The van der Waals surface area contributed by atoms with E-state index >= 15 is 0 Å². The molecule has 0 atom stereocenters. The second-order valence-electron chi connectivity index (χ2n) is 4.67. The number of imide groups is 1. The number of nitrogens with zero attached hydrogens (tertiary/aromatic N) is 1. The highest BCUT2D eigenvalue weighted by Gasteiger charge is 2.26. The van der Waals surface area contributed by atoms with Gasteiger partial charge in [-0.1, -0.05) is 18.2 Å². The first-order valence-corrected chi connectivity index (χ1v) is 5.92. The predicted octanol–water partition coefficient (Wildman–Crippen LogP) is 1.23. The summed E-state index contributed by atoms with van der Waals surface area (Å²) in [6.07, 6.45) is 3.52. The molecule has 0 unspecified atom stereocenters. The Labute approximate surface area is 99.6 Å². The molecule has 0 saturated carbocycles. The first kappa shape index (κ1) is 10.3. The van der Waals surface area contributed by atoms with Gasteiger partial charge in [-0.3, -0.25) is 10.1 Å². The fourth-order valence-corrected chi connectivity index (χ4v) is 2.55. The van der Waals surface area contributed by atoms with Crippen molar-refractivity contribution in [3.05, 3.63) is 34.9 Å². The zero-order chi connectivity index (χ0) is 11.8. The number of hydrogen-bond donors (Lipinski definition) is 1. The van der Waals surface area contributed by atoms with Crippen LogP contribution in [-0.2, 0) is 24.2 Å². The van der Waals surface area contributed by atoms with Crippen LogP contribution >= 0.6 is 0 Å². The SMILES string of the molecule is O=C1CN(Cc2ccc3c(c2)CCC3)C(=O)N1. The third kappa shape index (κ3) is 1.90. The van der Waals surface area contributed by atoms with Gasteiger partial charge >= 0.3 is 6.03 Å². The van der Waals surface area contributed by atoms with E-state index in [2.05, 4.69) is 23.5 Å². The molecule has 1 saturated heterocycles. The van der Waals surface area contributed by atoms with Crippen LogP contribution in [0.2, 0.25) is 0 Å². The largest absolute Gasteiger partial charge is 0.324 e. The van der Waals surface area contributed by atoms with E-state index in [1.165, 1.54) is 17.5 Å². The number of urea groups is 1. The molecule has 1 aliphatic heterocycles. The second-order valence-corrected chi connectivity index (χ2v) is 4.67. The van der Waals surface area contributed by atoms with Crippen molar-refractivity contribution >= 4 is 11.9 Å². The molecule has 2 aliphatic rings. The van der Waals surface area contributed by atoms with Crippen LogP contribution < -0.4 is 5.32 Å². The van der Waals surface area contributed by atoms with Gasteiger partial charge in [0.25, 0.3) is 0 Å². The topological polar surface area (TPSA) is 49.4 Å². The molecular weight excluding hydrogens is 216 g/mol. The van der Waals surface area contributed by atoms with Crippen molar-refractivity contribution in [2.24, 2.45) is 0 Å². The number of hydrogen-bond acceptors (Lipinski definition) is 2. The van der Waals surface area contributed by atoms with Crippen LogP contribution in [0.15, 0.2) is 18.2 Å². The molecule has 4 heteroatoms. The second kappa shape index (κ2) is 3.87. The average molecular weight is 230 g/mol. The van der Waals surface area contributed by atoms with Gasteiger partial charge in [-0.05, 0) is 36.0 Å². The van der Waals surface area contributed by atoms with Gasteiger partial charge < -0.3 is 4.90 Å². The minimum absolute atomic E-state index is 0.177.